The smallest absolute Gasteiger partial charge is 0.344 e. The molecule has 2 aromatic carbocycles. The molecule has 0 radical (unpaired) electrons. The van der Waals surface area contributed by atoms with Gasteiger partial charge in [0.25, 0.3) is 0 Å². The van der Waals surface area contributed by atoms with Gasteiger partial charge in [0.05, 0.1) is 12.0 Å². The molecule has 23 heavy (non-hydrogen) atoms. The number of hydrogen-bond donors (Lipinski definition) is 1. The Kier molecular flexibility index (Phi) is 3.45. The fourth-order valence-corrected chi connectivity index (χ4v) is 3.38. The molecule has 0 saturated heterocycles. The van der Waals surface area contributed by atoms with Crippen LogP contribution in [0.3, 0.4) is 0 Å². The highest BCUT2D eigenvalue weighted by Crippen LogP contribution is 2.29. The van der Waals surface area contributed by atoms with E-state index in [0.717, 1.165) is 23.1 Å². The lowest BCUT2D eigenvalue weighted by molar-refractivity contribution is 0.252. The van der Waals surface area contributed by atoms with Crippen LogP contribution in [0.2, 0.25) is 0 Å². The molecule has 0 amide bonds. The summed E-state index contributed by atoms with van der Waals surface area (Å²) in [4.78, 5) is 12.1. The number of phenols is 1. The zero-order chi connectivity index (χ0) is 15.8. The molecule has 1 heterocycles. The van der Waals surface area contributed by atoms with Gasteiger partial charge >= 0.3 is 5.63 Å². The fourth-order valence-electron chi connectivity index (χ4n) is 3.38. The Morgan fingerprint density at radius 1 is 1.04 bits per heavy atom. The average Bonchev–Trinajstić information content (AvgIpc) is 3.06. The number of ether oxygens (including phenoxy) is 1. The molecule has 0 bridgehead atoms. The summed E-state index contributed by atoms with van der Waals surface area (Å²) < 4.78 is 11.3. The number of benzene rings is 2. The summed E-state index contributed by atoms with van der Waals surface area (Å²) in [5.41, 5.74) is 0.0634. The van der Waals surface area contributed by atoms with Crippen LogP contribution < -0.4 is 10.4 Å². The summed E-state index contributed by atoms with van der Waals surface area (Å²) in [6.45, 7) is 0.719. The van der Waals surface area contributed by atoms with Crippen LogP contribution in [-0.4, -0.2) is 11.7 Å². The maximum Gasteiger partial charge on any atom is 0.344 e. The first-order chi connectivity index (χ1) is 11.2. The standard InChI is InChI=1S/C19H18O4/c20-13-5-7-15-16-8-6-14(22-11-12-3-1-2-4-12)10-18(16)23-19(21)17(15)9-13/h5-10,12,20H,1-4,11H2. The van der Waals surface area contributed by atoms with Crippen molar-refractivity contribution in [2.45, 2.75) is 25.7 Å². The van der Waals surface area contributed by atoms with Gasteiger partial charge in [0.2, 0.25) is 0 Å². The molecule has 0 unspecified atom stereocenters. The molecule has 0 atom stereocenters. The molecule has 1 fully saturated rings. The van der Waals surface area contributed by atoms with Crippen molar-refractivity contribution < 1.29 is 14.3 Å². The number of phenolic OH excluding ortho intramolecular Hbond substituents is 1. The van der Waals surface area contributed by atoms with E-state index in [1.165, 1.54) is 31.7 Å². The van der Waals surface area contributed by atoms with Crippen molar-refractivity contribution in [2.75, 3.05) is 6.61 Å². The zero-order valence-electron chi connectivity index (χ0n) is 12.7. The van der Waals surface area contributed by atoms with Crippen molar-refractivity contribution in [3.8, 4) is 11.5 Å². The molecule has 1 aliphatic carbocycles. The number of fused-ring (bicyclic) bond motifs is 3. The summed E-state index contributed by atoms with van der Waals surface area (Å²) >= 11 is 0. The van der Waals surface area contributed by atoms with Gasteiger partial charge in [-0.15, -0.1) is 0 Å². The lowest BCUT2D eigenvalue weighted by Gasteiger charge is -2.12. The van der Waals surface area contributed by atoms with Crippen LogP contribution in [0.1, 0.15) is 25.7 Å². The molecule has 4 heteroatoms. The minimum Gasteiger partial charge on any atom is -0.508 e. The van der Waals surface area contributed by atoms with Crippen LogP contribution in [-0.2, 0) is 0 Å². The topological polar surface area (TPSA) is 59.7 Å². The molecule has 1 aromatic heterocycles. The fraction of sp³-hybridized carbons (Fsp3) is 0.316. The van der Waals surface area contributed by atoms with E-state index in [2.05, 4.69) is 0 Å². The molecule has 1 N–H and O–H groups in total. The first-order valence-electron chi connectivity index (χ1n) is 8.03. The predicted molar refractivity (Wildman–Crippen MR) is 89.1 cm³/mol. The van der Waals surface area contributed by atoms with Gasteiger partial charge in [0, 0.05) is 16.8 Å². The Balaban J connectivity index is 1.72. The largest absolute Gasteiger partial charge is 0.508 e. The zero-order valence-corrected chi connectivity index (χ0v) is 12.7. The first-order valence-corrected chi connectivity index (χ1v) is 8.03. The van der Waals surface area contributed by atoms with Gasteiger partial charge < -0.3 is 14.3 Å². The summed E-state index contributed by atoms with van der Waals surface area (Å²) in [6, 6.07) is 10.3. The van der Waals surface area contributed by atoms with Gasteiger partial charge in [-0.3, -0.25) is 0 Å². The van der Waals surface area contributed by atoms with Crippen molar-refractivity contribution in [1.29, 1.82) is 0 Å². The lowest BCUT2D eigenvalue weighted by Crippen LogP contribution is -2.08. The van der Waals surface area contributed by atoms with Crippen LogP contribution in [0, 0.1) is 5.92 Å². The van der Waals surface area contributed by atoms with Crippen LogP contribution in [0.15, 0.2) is 45.6 Å². The molecule has 4 nitrogen and oxygen atoms in total. The second-order valence-corrected chi connectivity index (χ2v) is 6.24. The second-order valence-electron chi connectivity index (χ2n) is 6.24. The summed E-state index contributed by atoms with van der Waals surface area (Å²) in [5.74, 6) is 1.42. The van der Waals surface area contributed by atoms with Gasteiger partial charge in [-0.1, -0.05) is 12.8 Å². The van der Waals surface area contributed by atoms with Gasteiger partial charge in [-0.2, -0.15) is 0 Å². The molecule has 1 aliphatic rings. The van der Waals surface area contributed by atoms with Gasteiger partial charge in [-0.25, -0.2) is 4.79 Å². The van der Waals surface area contributed by atoms with Crippen LogP contribution in [0.25, 0.3) is 21.7 Å². The minimum atomic E-state index is -0.448. The predicted octanol–water partition coefficient (Wildman–Crippen LogP) is 4.22. The van der Waals surface area contributed by atoms with Crippen LogP contribution in [0.4, 0.5) is 0 Å². The Bertz CT molecular complexity index is 920. The van der Waals surface area contributed by atoms with Crippen LogP contribution in [0.5, 0.6) is 11.5 Å². The number of rotatable bonds is 3. The third kappa shape index (κ3) is 2.65. The normalized spacial score (nSPS) is 15.5. The Hall–Kier alpha value is -2.49. The highest BCUT2D eigenvalue weighted by Gasteiger charge is 2.16. The van der Waals surface area contributed by atoms with Gasteiger partial charge in [0.1, 0.15) is 17.1 Å². The van der Waals surface area contributed by atoms with E-state index in [9.17, 15) is 9.90 Å². The molecule has 1 saturated carbocycles. The van der Waals surface area contributed by atoms with Crippen molar-refractivity contribution in [3.05, 3.63) is 46.8 Å². The minimum absolute atomic E-state index is 0.0562. The molecule has 118 valence electrons. The Morgan fingerprint density at radius 2 is 1.83 bits per heavy atom. The van der Waals surface area contributed by atoms with E-state index in [0.29, 0.717) is 16.9 Å². The van der Waals surface area contributed by atoms with E-state index >= 15 is 0 Å². The number of hydrogen-bond acceptors (Lipinski definition) is 4. The lowest BCUT2D eigenvalue weighted by atomic mass is 10.1. The Morgan fingerprint density at radius 3 is 2.65 bits per heavy atom. The Labute approximate surface area is 133 Å². The monoisotopic (exact) mass is 310 g/mol. The summed E-state index contributed by atoms with van der Waals surface area (Å²) in [6.07, 6.45) is 5.05. The van der Waals surface area contributed by atoms with E-state index in [4.69, 9.17) is 9.15 Å². The first kappa shape index (κ1) is 14.1. The van der Waals surface area contributed by atoms with Crippen molar-refractivity contribution >= 4 is 21.7 Å². The molecule has 3 aromatic rings. The molecule has 0 aliphatic heterocycles. The van der Waals surface area contributed by atoms with Crippen LogP contribution >= 0.6 is 0 Å². The van der Waals surface area contributed by atoms with E-state index < -0.39 is 5.63 Å². The molecule has 0 spiro atoms. The summed E-state index contributed by atoms with van der Waals surface area (Å²) in [7, 11) is 0. The second kappa shape index (κ2) is 5.61. The van der Waals surface area contributed by atoms with Crippen molar-refractivity contribution in [3.63, 3.8) is 0 Å². The van der Waals surface area contributed by atoms with E-state index in [1.54, 1.807) is 18.2 Å². The molecular formula is C19H18O4. The quantitative estimate of drug-likeness (QED) is 0.581. The molecule has 4 rings (SSSR count). The maximum atomic E-state index is 12.1. The highest BCUT2D eigenvalue weighted by molar-refractivity contribution is 6.04. The highest BCUT2D eigenvalue weighted by atomic mass is 16.5. The average molecular weight is 310 g/mol. The molecular weight excluding hydrogens is 292 g/mol. The third-order valence-corrected chi connectivity index (χ3v) is 4.63. The SMILES string of the molecule is O=c1oc2cc(OCC3CCCC3)ccc2c2ccc(O)cc12. The van der Waals surface area contributed by atoms with Gasteiger partial charge in [0.15, 0.2) is 0 Å². The maximum absolute atomic E-state index is 12.1. The van der Waals surface area contributed by atoms with Crippen molar-refractivity contribution in [2.24, 2.45) is 5.92 Å². The number of aromatic hydroxyl groups is 1. The van der Waals surface area contributed by atoms with E-state index in [1.807, 2.05) is 12.1 Å². The third-order valence-electron chi connectivity index (χ3n) is 4.63. The van der Waals surface area contributed by atoms with Gasteiger partial charge in [-0.05, 0) is 49.1 Å². The van der Waals surface area contributed by atoms with E-state index in [-0.39, 0.29) is 5.75 Å². The summed E-state index contributed by atoms with van der Waals surface area (Å²) in [5, 5.41) is 11.5. The van der Waals surface area contributed by atoms with Crippen molar-refractivity contribution in [1.82, 2.24) is 0 Å².